The maximum absolute atomic E-state index is 2.80. The molecule has 1 atom stereocenters. The molecule has 0 aliphatic carbocycles. The van der Waals surface area contributed by atoms with E-state index in [1.165, 1.54) is 40.4 Å². The zero-order valence-corrected chi connectivity index (χ0v) is 13.4. The van der Waals surface area contributed by atoms with Crippen LogP contribution in [0.5, 0.6) is 0 Å². The van der Waals surface area contributed by atoms with Gasteiger partial charge in [-0.05, 0) is 64.4 Å². The van der Waals surface area contributed by atoms with Gasteiger partial charge in [-0.25, -0.2) is 0 Å². The highest BCUT2D eigenvalue weighted by Gasteiger charge is 2.05. The van der Waals surface area contributed by atoms with Crippen LogP contribution in [0.3, 0.4) is 0 Å². The zero-order valence-electron chi connectivity index (χ0n) is 10.6. The van der Waals surface area contributed by atoms with E-state index < -0.39 is 0 Å². The molecule has 0 aliphatic rings. The van der Waals surface area contributed by atoms with Gasteiger partial charge in [-0.3, -0.25) is 0 Å². The van der Waals surface area contributed by atoms with Gasteiger partial charge in [0.15, 0.2) is 0 Å². The van der Waals surface area contributed by atoms with E-state index in [1.54, 1.807) is 0 Å². The third kappa shape index (κ3) is 1.90. The lowest BCUT2D eigenvalue weighted by molar-refractivity contribution is 1.19. The minimum Gasteiger partial charge on any atom is -0.140 e. The highest BCUT2D eigenvalue weighted by Crippen LogP contribution is 2.33. The van der Waals surface area contributed by atoms with E-state index in [4.69, 9.17) is 0 Å². The summed E-state index contributed by atoms with van der Waals surface area (Å²) in [6, 6.07) is 13.9. The molecule has 19 heavy (non-hydrogen) atoms. The van der Waals surface area contributed by atoms with Crippen molar-refractivity contribution in [1.29, 1.82) is 0 Å². The second-order valence-corrected chi connectivity index (χ2v) is 8.17. The predicted molar refractivity (Wildman–Crippen MR) is 93.4 cm³/mol. The average Bonchev–Trinajstić information content (AvgIpc) is 2.94. The zero-order chi connectivity index (χ0) is 13.0. The normalized spacial score (nSPS) is 11.9. The Bertz CT molecular complexity index is 844. The van der Waals surface area contributed by atoms with Crippen molar-refractivity contribution in [1.82, 2.24) is 0 Å². The van der Waals surface area contributed by atoms with E-state index in [0.717, 1.165) is 6.42 Å². The van der Waals surface area contributed by atoms with Gasteiger partial charge in [-0.2, -0.15) is 0 Å². The summed E-state index contributed by atoms with van der Waals surface area (Å²) in [5, 5.41) is 5.45. The smallest absolute Gasteiger partial charge is 0.0355 e. The largest absolute Gasteiger partial charge is 0.140 e. The lowest BCUT2D eigenvalue weighted by atomic mass is 10.1. The van der Waals surface area contributed by atoms with Gasteiger partial charge in [-0.15, -0.1) is 22.7 Å². The van der Waals surface area contributed by atoms with Crippen LogP contribution in [0.4, 0.5) is 0 Å². The first-order valence-corrected chi connectivity index (χ1v) is 8.59. The Morgan fingerprint density at radius 2 is 1.42 bits per heavy atom. The first-order valence-electron chi connectivity index (χ1n) is 6.38. The third-order valence-electron chi connectivity index (χ3n) is 3.53. The molecule has 2 heterocycles. The molecule has 0 amide bonds. The molecule has 0 aliphatic heterocycles. The quantitative estimate of drug-likeness (QED) is 0.417. The molecule has 0 nitrogen and oxygen atoms in total. The van der Waals surface area contributed by atoms with Gasteiger partial charge in [-0.1, -0.05) is 16.2 Å². The minimum absolute atomic E-state index is 1.13. The van der Waals surface area contributed by atoms with Crippen LogP contribution in [0.15, 0.2) is 36.4 Å². The fraction of sp³-hybridized carbons (Fsp3) is 0.125. The molecule has 0 fully saturated rings. The number of benzene rings is 2. The molecule has 4 aromatic rings. The van der Waals surface area contributed by atoms with Crippen LogP contribution in [-0.2, 0) is 6.42 Å². The molecular weight excluding hydrogens is 287 g/mol. The summed E-state index contributed by atoms with van der Waals surface area (Å²) in [6.45, 7) is 2.22. The average molecular weight is 300 g/mol. The molecule has 94 valence electrons. The molecule has 0 bridgehead atoms. The first-order chi connectivity index (χ1) is 9.22. The number of hydrogen-bond acceptors (Lipinski definition) is 2. The van der Waals surface area contributed by atoms with Gasteiger partial charge in [0.25, 0.3) is 0 Å². The molecule has 4 rings (SSSR count). The van der Waals surface area contributed by atoms with Crippen LogP contribution < -0.4 is 4.62 Å². The maximum Gasteiger partial charge on any atom is 0.0355 e. The molecule has 0 radical (unpaired) electrons. The van der Waals surface area contributed by atoms with Crippen molar-refractivity contribution in [3.8, 4) is 0 Å². The molecule has 1 unspecified atom stereocenters. The highest BCUT2D eigenvalue weighted by molar-refractivity contribution is 7.45. The fourth-order valence-corrected chi connectivity index (χ4v) is 5.03. The summed E-state index contributed by atoms with van der Waals surface area (Å²) in [6.07, 6.45) is 1.13. The summed E-state index contributed by atoms with van der Waals surface area (Å²) >= 11 is 3.77. The van der Waals surface area contributed by atoms with E-state index >= 15 is 0 Å². The van der Waals surface area contributed by atoms with Crippen LogP contribution in [-0.4, -0.2) is 0 Å². The Balaban J connectivity index is 2.10. The first kappa shape index (κ1) is 11.8. The van der Waals surface area contributed by atoms with Gasteiger partial charge in [0.1, 0.15) is 0 Å². The topological polar surface area (TPSA) is 0 Å². The summed E-state index contributed by atoms with van der Waals surface area (Å²) in [5.74, 6) is 0. The molecule has 0 N–H and O–H groups in total. The summed E-state index contributed by atoms with van der Waals surface area (Å²) in [5.41, 5.74) is 0. The van der Waals surface area contributed by atoms with Gasteiger partial charge >= 0.3 is 0 Å². The van der Waals surface area contributed by atoms with E-state index in [1.807, 2.05) is 22.7 Å². The van der Waals surface area contributed by atoms with Gasteiger partial charge in [0.05, 0.1) is 0 Å². The summed E-state index contributed by atoms with van der Waals surface area (Å²) in [7, 11) is 2.80. The van der Waals surface area contributed by atoms with Crippen LogP contribution in [0.2, 0.25) is 0 Å². The van der Waals surface area contributed by atoms with Crippen LogP contribution in [0.25, 0.3) is 30.9 Å². The van der Waals surface area contributed by atoms with Crippen molar-refractivity contribution in [3.05, 3.63) is 41.3 Å². The number of aryl methyl sites for hydroxylation is 1. The van der Waals surface area contributed by atoms with Crippen molar-refractivity contribution in [2.75, 3.05) is 0 Å². The molecule has 0 saturated carbocycles. The third-order valence-corrected chi connectivity index (χ3v) is 6.22. The number of rotatable bonds is 1. The van der Waals surface area contributed by atoms with Gasteiger partial charge < -0.3 is 0 Å². The molecule has 3 heteroatoms. The molecule has 0 spiro atoms. The van der Waals surface area contributed by atoms with Crippen molar-refractivity contribution >= 4 is 67.5 Å². The van der Waals surface area contributed by atoms with Gasteiger partial charge in [0, 0.05) is 18.9 Å². The lowest BCUT2D eigenvalue weighted by Crippen LogP contribution is -1.73. The van der Waals surface area contributed by atoms with Crippen LogP contribution >= 0.6 is 31.9 Å². The second kappa shape index (κ2) is 4.28. The number of hydrogen-bond donors (Lipinski definition) is 0. The van der Waals surface area contributed by atoms with Crippen molar-refractivity contribution in [3.63, 3.8) is 0 Å². The maximum atomic E-state index is 2.80. The Morgan fingerprint density at radius 3 is 2.11 bits per heavy atom. The molecule has 2 aromatic heterocycles. The Morgan fingerprint density at radius 1 is 0.789 bits per heavy atom. The van der Waals surface area contributed by atoms with E-state index in [9.17, 15) is 0 Å². The Kier molecular flexibility index (Phi) is 2.66. The molecular formula is C16H13PS2. The SMILES string of the molecule is CCc1cc2cc3cc4sc(P)cc4cc3cc2s1. The van der Waals surface area contributed by atoms with Crippen molar-refractivity contribution in [2.24, 2.45) is 0 Å². The van der Waals surface area contributed by atoms with E-state index in [2.05, 4.69) is 52.6 Å². The Labute approximate surface area is 122 Å². The number of thiophene rings is 2. The van der Waals surface area contributed by atoms with Crippen LogP contribution in [0, 0.1) is 0 Å². The van der Waals surface area contributed by atoms with Crippen molar-refractivity contribution < 1.29 is 0 Å². The van der Waals surface area contributed by atoms with Gasteiger partial charge in [0.2, 0.25) is 0 Å². The summed E-state index contributed by atoms with van der Waals surface area (Å²) < 4.78 is 4.09. The second-order valence-electron chi connectivity index (χ2n) is 4.84. The predicted octanol–water partition coefficient (Wildman–Crippen LogP) is 5.33. The van der Waals surface area contributed by atoms with E-state index in [-0.39, 0.29) is 0 Å². The van der Waals surface area contributed by atoms with Crippen LogP contribution in [0.1, 0.15) is 11.8 Å². The summed E-state index contributed by atoms with van der Waals surface area (Å²) in [4.78, 5) is 1.47. The van der Waals surface area contributed by atoms with E-state index in [0.29, 0.717) is 0 Å². The lowest BCUT2D eigenvalue weighted by Gasteiger charge is -1.99. The Hall–Kier alpha value is -0.950. The molecule has 2 aromatic carbocycles. The minimum atomic E-state index is 1.13. The highest BCUT2D eigenvalue weighted by atomic mass is 32.1. The monoisotopic (exact) mass is 300 g/mol. The standard InChI is InChI=1S/C16H13PS2/c1-2-13-5-11-3-9-7-15-12(8-16(17)19-15)4-10(9)6-14(11)18-13/h3-8H,2,17H2,1H3. The molecule has 0 saturated heterocycles. The van der Waals surface area contributed by atoms with Crippen molar-refractivity contribution in [2.45, 2.75) is 13.3 Å². The fourth-order valence-electron chi connectivity index (χ4n) is 2.57. The number of fused-ring (bicyclic) bond motifs is 3.